The number of aliphatic hydroxyl groups excluding tert-OH is 1. The monoisotopic (exact) mass is 310 g/mol. The molecule has 0 spiro atoms. The molecule has 1 aromatic carbocycles. The number of nitrogens with one attached hydrogen (secondary N) is 1. The van der Waals surface area contributed by atoms with Crippen LogP contribution < -0.4 is 5.32 Å². The molecule has 0 amide bonds. The minimum atomic E-state index is -3.54. The molecule has 0 bridgehead atoms. The van der Waals surface area contributed by atoms with Gasteiger partial charge in [0, 0.05) is 18.8 Å². The van der Waals surface area contributed by atoms with Gasteiger partial charge < -0.3 is 10.4 Å². The Bertz CT molecular complexity index is 630. The van der Waals surface area contributed by atoms with Crippen molar-refractivity contribution in [3.05, 3.63) is 23.8 Å². The number of hydrogen-bond donors (Lipinski definition) is 2. The molecule has 2 atom stereocenters. The van der Waals surface area contributed by atoms with E-state index in [0.717, 1.165) is 37.1 Å². The first kappa shape index (κ1) is 14.8. The van der Waals surface area contributed by atoms with Crippen LogP contribution in [-0.4, -0.2) is 43.6 Å². The summed E-state index contributed by atoms with van der Waals surface area (Å²) in [5.74, 6) is 0.197. The Kier molecular flexibility index (Phi) is 3.94. The molecular formula is C15H22N2O3S. The van der Waals surface area contributed by atoms with E-state index in [0.29, 0.717) is 11.4 Å². The second kappa shape index (κ2) is 5.59. The number of rotatable bonds is 3. The summed E-state index contributed by atoms with van der Waals surface area (Å²) in [5, 5.41) is 12.8. The lowest BCUT2D eigenvalue weighted by molar-refractivity contribution is 0.191. The summed E-state index contributed by atoms with van der Waals surface area (Å²) in [4.78, 5) is 0.403. The number of sulfonamides is 1. The van der Waals surface area contributed by atoms with Crippen molar-refractivity contribution < 1.29 is 13.5 Å². The van der Waals surface area contributed by atoms with Crippen molar-refractivity contribution in [2.75, 3.05) is 25.0 Å². The highest BCUT2D eigenvalue weighted by atomic mass is 32.2. The first-order valence-corrected chi connectivity index (χ1v) is 8.98. The Balaban J connectivity index is 2.03. The fraction of sp³-hybridized carbons (Fsp3) is 0.600. The zero-order valence-corrected chi connectivity index (χ0v) is 13.1. The quantitative estimate of drug-likeness (QED) is 0.886. The van der Waals surface area contributed by atoms with Crippen LogP contribution in [0.3, 0.4) is 0 Å². The third-order valence-electron chi connectivity index (χ3n) is 4.66. The van der Waals surface area contributed by atoms with Crippen LogP contribution in [0.25, 0.3) is 0 Å². The highest BCUT2D eigenvalue weighted by Crippen LogP contribution is 2.34. The van der Waals surface area contributed by atoms with E-state index in [-0.39, 0.29) is 18.6 Å². The van der Waals surface area contributed by atoms with Crippen LogP contribution in [0.5, 0.6) is 0 Å². The summed E-state index contributed by atoms with van der Waals surface area (Å²) in [6.07, 6.45) is 2.53. The van der Waals surface area contributed by atoms with E-state index in [9.17, 15) is 13.5 Å². The average Bonchev–Trinajstić information content (AvgIpc) is 2.88. The zero-order chi connectivity index (χ0) is 15.0. The van der Waals surface area contributed by atoms with Gasteiger partial charge in [0.05, 0.1) is 17.5 Å². The SMILES string of the molecule is CC1CCN(S(=O)(=O)c2cccc3c2CCCN3)C1CO. The standard InChI is InChI=1S/C15H22N2O3S/c1-11-7-9-17(14(11)10-18)21(19,20)15-6-2-5-13-12(15)4-3-8-16-13/h2,5-6,11,14,16,18H,3-4,7-10H2,1H3. The topological polar surface area (TPSA) is 69.6 Å². The molecule has 2 aliphatic heterocycles. The molecule has 6 heteroatoms. The Labute approximate surface area is 126 Å². The fourth-order valence-electron chi connectivity index (χ4n) is 3.39. The second-order valence-electron chi connectivity index (χ2n) is 5.94. The van der Waals surface area contributed by atoms with Crippen molar-refractivity contribution in [2.45, 2.75) is 37.1 Å². The Morgan fingerprint density at radius 1 is 1.43 bits per heavy atom. The maximum Gasteiger partial charge on any atom is 0.243 e. The van der Waals surface area contributed by atoms with E-state index < -0.39 is 10.0 Å². The molecule has 116 valence electrons. The molecule has 1 saturated heterocycles. The van der Waals surface area contributed by atoms with Crippen molar-refractivity contribution in [3.8, 4) is 0 Å². The van der Waals surface area contributed by atoms with Crippen LogP contribution >= 0.6 is 0 Å². The minimum absolute atomic E-state index is 0.117. The normalized spacial score (nSPS) is 26.4. The lowest BCUT2D eigenvalue weighted by atomic mass is 10.0. The zero-order valence-electron chi connectivity index (χ0n) is 12.2. The van der Waals surface area contributed by atoms with E-state index in [1.54, 1.807) is 12.1 Å². The molecule has 0 radical (unpaired) electrons. The maximum absolute atomic E-state index is 13.0. The summed E-state index contributed by atoms with van der Waals surface area (Å²) in [6.45, 7) is 3.26. The number of nitrogens with zero attached hydrogens (tertiary/aromatic N) is 1. The summed E-state index contributed by atoms with van der Waals surface area (Å²) in [6, 6.07) is 5.11. The van der Waals surface area contributed by atoms with E-state index in [2.05, 4.69) is 5.32 Å². The van der Waals surface area contributed by atoms with Crippen molar-refractivity contribution in [2.24, 2.45) is 5.92 Å². The van der Waals surface area contributed by atoms with Crippen LogP contribution in [0.15, 0.2) is 23.1 Å². The Hall–Kier alpha value is -1.11. The predicted molar refractivity (Wildman–Crippen MR) is 81.8 cm³/mol. The molecule has 0 aromatic heterocycles. The average molecular weight is 310 g/mol. The van der Waals surface area contributed by atoms with Gasteiger partial charge in [-0.15, -0.1) is 0 Å². The molecule has 2 unspecified atom stereocenters. The molecule has 21 heavy (non-hydrogen) atoms. The second-order valence-corrected chi connectivity index (χ2v) is 7.80. The van der Waals surface area contributed by atoms with E-state index in [1.165, 1.54) is 4.31 Å². The third-order valence-corrected chi connectivity index (χ3v) is 6.67. The van der Waals surface area contributed by atoms with Gasteiger partial charge in [0.25, 0.3) is 0 Å². The summed E-state index contributed by atoms with van der Waals surface area (Å²) < 4.78 is 27.5. The summed E-state index contributed by atoms with van der Waals surface area (Å²) in [7, 11) is -3.54. The van der Waals surface area contributed by atoms with Crippen molar-refractivity contribution >= 4 is 15.7 Å². The molecule has 0 aliphatic carbocycles. The maximum atomic E-state index is 13.0. The first-order valence-electron chi connectivity index (χ1n) is 7.54. The van der Waals surface area contributed by atoms with Crippen LogP contribution in [0.4, 0.5) is 5.69 Å². The fourth-order valence-corrected chi connectivity index (χ4v) is 5.39. The molecule has 2 N–H and O–H groups in total. The number of anilines is 1. The van der Waals surface area contributed by atoms with E-state index in [4.69, 9.17) is 0 Å². The largest absolute Gasteiger partial charge is 0.395 e. The number of fused-ring (bicyclic) bond motifs is 1. The van der Waals surface area contributed by atoms with Crippen molar-refractivity contribution in [1.29, 1.82) is 0 Å². The lowest BCUT2D eigenvalue weighted by Crippen LogP contribution is -2.40. The molecule has 1 aromatic rings. The summed E-state index contributed by atoms with van der Waals surface area (Å²) >= 11 is 0. The van der Waals surface area contributed by atoms with E-state index >= 15 is 0 Å². The summed E-state index contributed by atoms with van der Waals surface area (Å²) in [5.41, 5.74) is 1.81. The lowest BCUT2D eigenvalue weighted by Gasteiger charge is -2.27. The van der Waals surface area contributed by atoms with Crippen molar-refractivity contribution in [1.82, 2.24) is 4.31 Å². The van der Waals surface area contributed by atoms with Gasteiger partial charge in [-0.1, -0.05) is 13.0 Å². The molecule has 5 nitrogen and oxygen atoms in total. The molecule has 3 rings (SSSR count). The molecule has 0 saturated carbocycles. The number of hydrogen-bond acceptors (Lipinski definition) is 4. The van der Waals surface area contributed by atoms with Gasteiger partial charge in [-0.25, -0.2) is 8.42 Å². The van der Waals surface area contributed by atoms with Gasteiger partial charge >= 0.3 is 0 Å². The Morgan fingerprint density at radius 2 is 2.24 bits per heavy atom. The first-order chi connectivity index (χ1) is 10.1. The smallest absolute Gasteiger partial charge is 0.243 e. The molecule has 2 aliphatic rings. The van der Waals surface area contributed by atoms with Crippen LogP contribution in [0.2, 0.25) is 0 Å². The van der Waals surface area contributed by atoms with Gasteiger partial charge in [-0.2, -0.15) is 4.31 Å². The van der Waals surface area contributed by atoms with Crippen LogP contribution in [0.1, 0.15) is 25.3 Å². The highest BCUT2D eigenvalue weighted by Gasteiger charge is 2.40. The Morgan fingerprint density at radius 3 is 3.00 bits per heavy atom. The van der Waals surface area contributed by atoms with Gasteiger partial charge in [0.2, 0.25) is 10.0 Å². The van der Waals surface area contributed by atoms with Gasteiger partial charge in [0.1, 0.15) is 0 Å². The minimum Gasteiger partial charge on any atom is -0.395 e. The number of benzene rings is 1. The predicted octanol–water partition coefficient (Wildman–Crippen LogP) is 1.44. The molecular weight excluding hydrogens is 288 g/mol. The van der Waals surface area contributed by atoms with Gasteiger partial charge in [-0.05, 0) is 42.9 Å². The van der Waals surface area contributed by atoms with Gasteiger partial charge in [-0.3, -0.25) is 0 Å². The highest BCUT2D eigenvalue weighted by molar-refractivity contribution is 7.89. The molecule has 1 fully saturated rings. The van der Waals surface area contributed by atoms with Crippen LogP contribution in [-0.2, 0) is 16.4 Å². The van der Waals surface area contributed by atoms with Gasteiger partial charge in [0.15, 0.2) is 0 Å². The van der Waals surface area contributed by atoms with Crippen LogP contribution in [0, 0.1) is 5.92 Å². The molecule has 2 heterocycles. The van der Waals surface area contributed by atoms with Crippen molar-refractivity contribution in [3.63, 3.8) is 0 Å². The third kappa shape index (κ3) is 2.45. The van der Waals surface area contributed by atoms with E-state index in [1.807, 2.05) is 13.0 Å². The number of aliphatic hydroxyl groups is 1.